The van der Waals surface area contributed by atoms with Gasteiger partial charge in [-0.2, -0.15) is 0 Å². The Hall–Kier alpha value is -2.10. The minimum Gasteiger partial charge on any atom is -0.493 e. The van der Waals surface area contributed by atoms with Crippen LogP contribution >= 0.6 is 0 Å². The Morgan fingerprint density at radius 1 is 0.917 bits per heavy atom. The van der Waals surface area contributed by atoms with E-state index in [2.05, 4.69) is 32.9 Å². The quantitative estimate of drug-likeness (QED) is 0.589. The molecule has 0 heterocycles. The van der Waals surface area contributed by atoms with Crippen molar-refractivity contribution in [3.63, 3.8) is 0 Å². The van der Waals surface area contributed by atoms with Crippen LogP contribution in [-0.2, 0) is 0 Å². The Morgan fingerprint density at radius 2 is 1.58 bits per heavy atom. The molecule has 0 amide bonds. The lowest BCUT2D eigenvalue weighted by Crippen LogP contribution is -2.03. The van der Waals surface area contributed by atoms with Crippen molar-refractivity contribution < 1.29 is 18.9 Å². The number of rotatable bonds is 9. The van der Waals surface area contributed by atoms with Crippen LogP contribution in [0.2, 0.25) is 0 Å². The van der Waals surface area contributed by atoms with Gasteiger partial charge in [-0.05, 0) is 58.2 Å². The van der Waals surface area contributed by atoms with Crippen molar-refractivity contribution in [3.8, 4) is 23.0 Å². The van der Waals surface area contributed by atoms with Gasteiger partial charge in [0, 0.05) is 0 Å². The number of ether oxygens (including phenoxy) is 4. The van der Waals surface area contributed by atoms with Crippen molar-refractivity contribution in [1.82, 2.24) is 0 Å². The minimum atomic E-state index is 0.493. The van der Waals surface area contributed by atoms with Crippen LogP contribution in [0.15, 0.2) is 29.4 Å². The molecular formula is C20H30O4. The molecule has 0 saturated carbocycles. The maximum absolute atomic E-state index is 5.95. The fraction of sp³-hybridized carbons (Fsp3) is 0.500. The molecular weight excluding hydrogens is 304 g/mol. The van der Waals surface area contributed by atoms with Crippen LogP contribution in [0.1, 0.15) is 39.2 Å². The van der Waals surface area contributed by atoms with Crippen molar-refractivity contribution in [2.75, 3.05) is 27.9 Å². The van der Waals surface area contributed by atoms with Crippen LogP contribution in [0.25, 0.3) is 0 Å². The lowest BCUT2D eigenvalue weighted by molar-refractivity contribution is 0.292. The Bertz CT molecular complexity index is 596. The standard InChI is InChI=1S/C20H30O4/c1-14(2)9-8-10-15(3)11-12-24-18-16(4)13-17(21-5)19(22-6)20(18)23-7/h9,11,13H,8,10,12H2,1-7H3/b15-11+. The molecule has 0 aliphatic carbocycles. The van der Waals surface area contributed by atoms with Gasteiger partial charge in [0.15, 0.2) is 11.5 Å². The smallest absolute Gasteiger partial charge is 0.207 e. The van der Waals surface area contributed by atoms with E-state index in [-0.39, 0.29) is 0 Å². The van der Waals surface area contributed by atoms with E-state index in [0.717, 1.165) is 18.4 Å². The summed E-state index contributed by atoms with van der Waals surface area (Å²) in [5, 5.41) is 0. The fourth-order valence-electron chi connectivity index (χ4n) is 2.39. The number of aryl methyl sites for hydroxylation is 1. The lowest BCUT2D eigenvalue weighted by atomic mass is 10.1. The summed E-state index contributed by atoms with van der Waals surface area (Å²) in [7, 11) is 4.80. The summed E-state index contributed by atoms with van der Waals surface area (Å²) in [6.07, 6.45) is 6.45. The molecule has 0 radical (unpaired) electrons. The summed E-state index contributed by atoms with van der Waals surface area (Å²) >= 11 is 0. The zero-order valence-corrected chi connectivity index (χ0v) is 16.0. The van der Waals surface area contributed by atoms with Crippen molar-refractivity contribution >= 4 is 0 Å². The lowest BCUT2D eigenvalue weighted by Gasteiger charge is -2.18. The summed E-state index contributed by atoms with van der Waals surface area (Å²) < 4.78 is 22.2. The van der Waals surface area contributed by atoms with E-state index in [0.29, 0.717) is 29.6 Å². The van der Waals surface area contributed by atoms with E-state index in [1.165, 1.54) is 11.1 Å². The first kappa shape index (κ1) is 19.9. The third kappa shape index (κ3) is 5.52. The average molecular weight is 334 g/mol. The predicted octanol–water partition coefficient (Wildman–Crippen LogP) is 5.09. The van der Waals surface area contributed by atoms with E-state index in [4.69, 9.17) is 18.9 Å². The van der Waals surface area contributed by atoms with E-state index < -0.39 is 0 Å². The van der Waals surface area contributed by atoms with Crippen molar-refractivity contribution in [2.24, 2.45) is 0 Å². The third-order valence-electron chi connectivity index (χ3n) is 3.72. The van der Waals surface area contributed by atoms with Gasteiger partial charge < -0.3 is 18.9 Å². The Labute approximate surface area is 146 Å². The van der Waals surface area contributed by atoms with E-state index in [9.17, 15) is 0 Å². The molecule has 4 heteroatoms. The van der Waals surface area contributed by atoms with Crippen LogP contribution in [0.4, 0.5) is 0 Å². The molecule has 0 aliphatic heterocycles. The molecule has 0 atom stereocenters. The highest BCUT2D eigenvalue weighted by atomic mass is 16.5. The molecule has 0 fully saturated rings. The maximum atomic E-state index is 5.95. The summed E-state index contributed by atoms with van der Waals surface area (Å²) in [5.74, 6) is 2.42. The van der Waals surface area contributed by atoms with E-state index in [1.807, 2.05) is 13.0 Å². The molecule has 24 heavy (non-hydrogen) atoms. The largest absolute Gasteiger partial charge is 0.493 e. The molecule has 0 N–H and O–H groups in total. The maximum Gasteiger partial charge on any atom is 0.207 e. The van der Waals surface area contributed by atoms with Crippen molar-refractivity contribution in [2.45, 2.75) is 40.5 Å². The predicted molar refractivity (Wildman–Crippen MR) is 98.8 cm³/mol. The van der Waals surface area contributed by atoms with Gasteiger partial charge in [-0.15, -0.1) is 0 Å². The average Bonchev–Trinajstić information content (AvgIpc) is 2.54. The van der Waals surface area contributed by atoms with Crippen LogP contribution in [0.3, 0.4) is 0 Å². The van der Waals surface area contributed by atoms with Crippen LogP contribution < -0.4 is 18.9 Å². The molecule has 0 saturated heterocycles. The highest BCUT2D eigenvalue weighted by Gasteiger charge is 2.19. The zero-order chi connectivity index (χ0) is 18.1. The first-order chi connectivity index (χ1) is 11.4. The molecule has 1 aromatic rings. The first-order valence-corrected chi connectivity index (χ1v) is 8.15. The third-order valence-corrected chi connectivity index (χ3v) is 3.72. The molecule has 4 nitrogen and oxygen atoms in total. The van der Waals surface area contributed by atoms with Gasteiger partial charge in [0.2, 0.25) is 11.5 Å². The second-order valence-corrected chi connectivity index (χ2v) is 5.97. The molecule has 0 aromatic heterocycles. The molecule has 1 rings (SSSR count). The summed E-state index contributed by atoms with van der Waals surface area (Å²) in [5.41, 5.74) is 3.61. The van der Waals surface area contributed by atoms with Crippen LogP contribution in [0, 0.1) is 6.92 Å². The molecule has 0 bridgehead atoms. The van der Waals surface area contributed by atoms with Gasteiger partial charge in [0.1, 0.15) is 6.61 Å². The summed E-state index contributed by atoms with van der Waals surface area (Å²) in [6, 6.07) is 1.89. The van der Waals surface area contributed by atoms with Gasteiger partial charge >= 0.3 is 0 Å². The molecule has 0 aliphatic rings. The Morgan fingerprint density at radius 3 is 2.12 bits per heavy atom. The zero-order valence-electron chi connectivity index (χ0n) is 16.0. The Balaban J connectivity index is 2.86. The molecule has 1 aromatic carbocycles. The van der Waals surface area contributed by atoms with E-state index in [1.54, 1.807) is 21.3 Å². The van der Waals surface area contributed by atoms with Crippen molar-refractivity contribution in [1.29, 1.82) is 0 Å². The van der Waals surface area contributed by atoms with Crippen LogP contribution in [-0.4, -0.2) is 27.9 Å². The van der Waals surface area contributed by atoms with E-state index >= 15 is 0 Å². The molecule has 0 unspecified atom stereocenters. The number of hydrogen-bond acceptors (Lipinski definition) is 4. The van der Waals surface area contributed by atoms with Gasteiger partial charge in [-0.25, -0.2) is 0 Å². The van der Waals surface area contributed by atoms with Crippen molar-refractivity contribution in [3.05, 3.63) is 34.9 Å². The van der Waals surface area contributed by atoms with Gasteiger partial charge in [-0.3, -0.25) is 0 Å². The first-order valence-electron chi connectivity index (χ1n) is 8.15. The van der Waals surface area contributed by atoms with Crippen LogP contribution in [0.5, 0.6) is 23.0 Å². The number of hydrogen-bond donors (Lipinski definition) is 0. The summed E-state index contributed by atoms with van der Waals surface area (Å²) in [6.45, 7) is 8.82. The number of methoxy groups -OCH3 is 3. The summed E-state index contributed by atoms with van der Waals surface area (Å²) in [4.78, 5) is 0. The van der Waals surface area contributed by atoms with Gasteiger partial charge in [0.05, 0.1) is 21.3 Å². The fourth-order valence-corrected chi connectivity index (χ4v) is 2.39. The highest BCUT2D eigenvalue weighted by molar-refractivity contribution is 5.62. The normalized spacial score (nSPS) is 11.0. The monoisotopic (exact) mass is 334 g/mol. The Kier molecular flexibility index (Phi) is 8.24. The molecule has 134 valence electrons. The second kappa shape index (κ2) is 9.91. The van der Waals surface area contributed by atoms with Gasteiger partial charge in [0.25, 0.3) is 0 Å². The second-order valence-electron chi connectivity index (χ2n) is 5.97. The molecule has 0 spiro atoms. The minimum absolute atomic E-state index is 0.493. The van der Waals surface area contributed by atoms with Gasteiger partial charge in [-0.1, -0.05) is 17.2 Å². The SMILES string of the molecule is COc1cc(C)c(OC/C=C(\C)CCC=C(C)C)c(OC)c1OC. The topological polar surface area (TPSA) is 36.9 Å². The number of allylic oxidation sites excluding steroid dienone is 3. The number of benzene rings is 1. The highest BCUT2D eigenvalue weighted by Crippen LogP contribution is 2.46.